The largest absolute Gasteiger partial charge is 1.00 e. The summed E-state index contributed by atoms with van der Waals surface area (Å²) in [6, 6.07) is 0. The van der Waals surface area contributed by atoms with Gasteiger partial charge in [-0.25, -0.2) is 0 Å². The molecule has 0 aromatic heterocycles. The molecule has 0 rings (SSSR count). The summed E-state index contributed by atoms with van der Waals surface area (Å²) in [4.78, 5) is 37.0. The number of carbonyl (C=O) groups is 2. The van der Waals surface area contributed by atoms with Crippen LogP contribution in [0.4, 0.5) is 0 Å². The number of aliphatic hydroxyl groups excluding tert-OH is 2. The fourth-order valence-electron chi connectivity index (χ4n) is 5.63. The third kappa shape index (κ3) is 37.7. The number of hydrogen-bond donors (Lipinski definition) is 2. The van der Waals surface area contributed by atoms with Gasteiger partial charge in [0, 0.05) is 12.8 Å². The summed E-state index contributed by atoms with van der Waals surface area (Å²) in [6.07, 6.45) is 29.0. The quantitative estimate of drug-likeness (QED) is 0.0321. The first kappa shape index (κ1) is 52.1. The van der Waals surface area contributed by atoms with Crippen molar-refractivity contribution in [2.75, 3.05) is 26.4 Å². The average molecular weight is 745 g/mol. The van der Waals surface area contributed by atoms with Gasteiger partial charge >= 0.3 is 41.5 Å². The van der Waals surface area contributed by atoms with Crippen molar-refractivity contribution < 1.29 is 77.3 Å². The number of phosphoric ester groups is 1. The summed E-state index contributed by atoms with van der Waals surface area (Å²) < 4.78 is 32.2. The zero-order valence-electron chi connectivity index (χ0n) is 32.4. The molecule has 10 nitrogen and oxygen atoms in total. The van der Waals surface area contributed by atoms with Gasteiger partial charge in [-0.15, -0.1) is 0 Å². The molecule has 0 bridgehead atoms. The summed E-state index contributed by atoms with van der Waals surface area (Å²) in [7, 11) is -4.85. The minimum atomic E-state index is -4.85. The maximum atomic E-state index is 12.5. The van der Waals surface area contributed by atoms with Crippen LogP contribution in [0.1, 0.15) is 194 Å². The van der Waals surface area contributed by atoms with E-state index in [4.69, 9.17) is 19.1 Å². The number of esters is 2. The molecule has 2 N–H and O–H groups in total. The van der Waals surface area contributed by atoms with Crippen molar-refractivity contribution in [3.8, 4) is 0 Å². The van der Waals surface area contributed by atoms with Crippen molar-refractivity contribution in [1.29, 1.82) is 0 Å². The first-order valence-corrected chi connectivity index (χ1v) is 21.4. The molecule has 0 aliphatic heterocycles. The zero-order valence-corrected chi connectivity index (χ0v) is 35.3. The van der Waals surface area contributed by atoms with Crippen LogP contribution in [0, 0.1) is 0 Å². The summed E-state index contributed by atoms with van der Waals surface area (Å²) >= 11 is 0. The minimum Gasteiger partial charge on any atom is -0.756 e. The topological polar surface area (TPSA) is 152 Å². The Labute approximate surface area is 327 Å². The van der Waals surface area contributed by atoms with Crippen molar-refractivity contribution in [3.63, 3.8) is 0 Å². The number of rotatable bonds is 38. The number of aliphatic hydroxyl groups is 2. The van der Waals surface area contributed by atoms with Crippen LogP contribution < -0.4 is 34.5 Å². The van der Waals surface area contributed by atoms with Crippen LogP contribution in [-0.4, -0.2) is 60.8 Å². The molecule has 0 spiro atoms. The second kappa shape index (κ2) is 38.7. The average Bonchev–Trinajstić information content (AvgIpc) is 3.09. The van der Waals surface area contributed by atoms with Gasteiger partial charge in [0.05, 0.1) is 19.8 Å². The molecule has 0 saturated heterocycles. The molecule has 292 valence electrons. The fraction of sp³-hybridized carbons (Fsp3) is 0.947. The van der Waals surface area contributed by atoms with E-state index in [9.17, 15) is 24.2 Å². The first-order valence-electron chi connectivity index (χ1n) is 20.0. The van der Waals surface area contributed by atoms with E-state index in [2.05, 4.69) is 18.4 Å². The summed E-state index contributed by atoms with van der Waals surface area (Å²) in [6.45, 7) is 2.21. The van der Waals surface area contributed by atoms with Gasteiger partial charge in [-0.3, -0.25) is 14.2 Å². The van der Waals surface area contributed by atoms with Crippen LogP contribution in [0.15, 0.2) is 0 Å². The predicted molar refractivity (Wildman–Crippen MR) is 194 cm³/mol. The van der Waals surface area contributed by atoms with Crippen LogP contribution in [0.25, 0.3) is 0 Å². The van der Waals surface area contributed by atoms with Gasteiger partial charge < -0.3 is 33.6 Å². The molecule has 50 heavy (non-hydrogen) atoms. The van der Waals surface area contributed by atoms with Crippen molar-refractivity contribution in [2.24, 2.45) is 0 Å². The Morgan fingerprint density at radius 3 is 1.28 bits per heavy atom. The molecule has 12 heteroatoms. The van der Waals surface area contributed by atoms with Crippen molar-refractivity contribution in [2.45, 2.75) is 206 Å². The monoisotopic (exact) mass is 744 g/mol. The maximum absolute atomic E-state index is 12.5. The Bertz CT molecular complexity index is 804. The Hall–Kier alpha value is -0.0300. The van der Waals surface area contributed by atoms with Gasteiger partial charge in [-0.2, -0.15) is 0 Å². The third-order valence-electron chi connectivity index (χ3n) is 8.75. The van der Waals surface area contributed by atoms with E-state index < -0.39 is 51.8 Å². The van der Waals surface area contributed by atoms with Gasteiger partial charge in [0.25, 0.3) is 7.82 Å². The molecule has 2 unspecified atom stereocenters. The molecular formula is C38H74NaO10P. The van der Waals surface area contributed by atoms with Gasteiger partial charge in [0.1, 0.15) is 12.7 Å². The van der Waals surface area contributed by atoms with E-state index in [1.54, 1.807) is 0 Å². The second-order valence-corrected chi connectivity index (χ2v) is 15.1. The number of hydrogen-bond acceptors (Lipinski definition) is 10. The molecule has 0 aromatic carbocycles. The van der Waals surface area contributed by atoms with E-state index in [0.717, 1.165) is 38.5 Å². The van der Waals surface area contributed by atoms with Crippen LogP contribution in [-0.2, 0) is 32.7 Å². The van der Waals surface area contributed by atoms with Crippen LogP contribution >= 0.6 is 7.82 Å². The Balaban J connectivity index is 0. The van der Waals surface area contributed by atoms with E-state index in [-0.39, 0.29) is 49.0 Å². The molecule has 0 amide bonds. The normalized spacial score (nSPS) is 13.7. The van der Waals surface area contributed by atoms with Gasteiger partial charge in [-0.05, 0) is 12.8 Å². The minimum absolute atomic E-state index is 0. The molecule has 3 atom stereocenters. The number of carbonyl (C=O) groups excluding carboxylic acids is 2. The number of phosphoric acid groups is 1. The number of ether oxygens (including phenoxy) is 2. The number of unbranched alkanes of at least 4 members (excludes halogenated alkanes) is 24. The van der Waals surface area contributed by atoms with Crippen LogP contribution in [0.5, 0.6) is 0 Å². The van der Waals surface area contributed by atoms with Crippen molar-refractivity contribution in [3.05, 3.63) is 0 Å². The van der Waals surface area contributed by atoms with Gasteiger partial charge in [0.2, 0.25) is 0 Å². The summed E-state index contributed by atoms with van der Waals surface area (Å²) in [5, 5.41) is 18.2. The zero-order chi connectivity index (χ0) is 36.3. The standard InChI is InChI=1S/C38H75O10P.Na/c1-3-5-7-9-11-13-15-17-19-21-23-25-27-29-37(41)45-33-36(34-47-49(43,44)46-32-35(40)31-39)48-38(42)30-28-26-24-22-20-18-16-14-12-10-8-6-4-2;/h35-36,39-40H,3-34H2,1-2H3,(H,43,44);/q;+1/p-1/t35?,36-;/m1./s1. The summed E-state index contributed by atoms with van der Waals surface area (Å²) in [5.74, 6) is -0.949. The molecular weight excluding hydrogens is 670 g/mol. The molecule has 0 aliphatic carbocycles. The Morgan fingerprint density at radius 1 is 0.560 bits per heavy atom. The van der Waals surface area contributed by atoms with Crippen LogP contribution in [0.2, 0.25) is 0 Å². The van der Waals surface area contributed by atoms with Gasteiger partial charge in [-0.1, -0.05) is 168 Å². The first-order chi connectivity index (χ1) is 23.7. The van der Waals surface area contributed by atoms with E-state index in [1.807, 2.05) is 0 Å². The molecule has 0 heterocycles. The molecule has 0 radical (unpaired) electrons. The van der Waals surface area contributed by atoms with Crippen molar-refractivity contribution >= 4 is 19.8 Å². The molecule has 0 aliphatic rings. The van der Waals surface area contributed by atoms with E-state index in [0.29, 0.717) is 12.8 Å². The Morgan fingerprint density at radius 2 is 0.900 bits per heavy atom. The van der Waals surface area contributed by atoms with Gasteiger partial charge in [0.15, 0.2) is 6.10 Å². The summed E-state index contributed by atoms with van der Waals surface area (Å²) in [5.41, 5.74) is 0. The van der Waals surface area contributed by atoms with Crippen LogP contribution in [0.3, 0.4) is 0 Å². The molecule has 0 saturated carbocycles. The SMILES string of the molecule is CCCCCCCCCCCCCCCC(=O)OC[C@H](COP(=O)([O-])OCC(O)CO)OC(=O)CCCCCCCCCCCCCCC.[Na+]. The molecule has 0 fully saturated rings. The fourth-order valence-corrected chi connectivity index (χ4v) is 6.41. The molecule has 0 aromatic rings. The Kier molecular flexibility index (Phi) is 40.3. The second-order valence-electron chi connectivity index (χ2n) is 13.7. The van der Waals surface area contributed by atoms with E-state index >= 15 is 0 Å². The predicted octanol–water partition coefficient (Wildman–Crippen LogP) is 6.26. The van der Waals surface area contributed by atoms with Crippen molar-refractivity contribution in [1.82, 2.24) is 0 Å². The third-order valence-corrected chi connectivity index (χ3v) is 9.68. The van der Waals surface area contributed by atoms with E-state index in [1.165, 1.54) is 116 Å². The smallest absolute Gasteiger partial charge is 0.756 e. The maximum Gasteiger partial charge on any atom is 1.00 e.